The summed E-state index contributed by atoms with van der Waals surface area (Å²) in [6.45, 7) is 5.92. The number of aromatic nitrogens is 2. The van der Waals surface area contributed by atoms with Gasteiger partial charge in [0.2, 0.25) is 0 Å². The Balaban J connectivity index is 2.55. The number of nitrogens with zero attached hydrogens (tertiary/aromatic N) is 2. The number of para-hydroxylation sites is 1. The first-order valence-electron chi connectivity index (χ1n) is 5.94. The van der Waals surface area contributed by atoms with Crippen LogP contribution in [0, 0.1) is 13.8 Å². The van der Waals surface area contributed by atoms with Crippen molar-refractivity contribution in [2.75, 3.05) is 6.61 Å². The molecule has 0 aliphatic rings. The van der Waals surface area contributed by atoms with Crippen LogP contribution in [0.25, 0.3) is 5.69 Å². The van der Waals surface area contributed by atoms with Crippen molar-refractivity contribution in [3.63, 3.8) is 0 Å². The zero-order chi connectivity index (χ0) is 13.1. The Hall–Kier alpha value is -2.10. The zero-order valence-corrected chi connectivity index (χ0v) is 10.8. The molecule has 0 fully saturated rings. The van der Waals surface area contributed by atoms with Crippen LogP contribution in [0.5, 0.6) is 0 Å². The second kappa shape index (κ2) is 5.04. The first kappa shape index (κ1) is 12.4. The Kier molecular flexibility index (Phi) is 3.46. The van der Waals surface area contributed by atoms with Gasteiger partial charge in [0.25, 0.3) is 0 Å². The second-order valence-electron chi connectivity index (χ2n) is 4.03. The Bertz CT molecular complexity index is 559. The van der Waals surface area contributed by atoms with Crippen LogP contribution in [0.1, 0.15) is 28.7 Å². The van der Waals surface area contributed by atoms with E-state index in [-0.39, 0.29) is 5.97 Å². The first-order valence-corrected chi connectivity index (χ1v) is 5.94. The fourth-order valence-electron chi connectivity index (χ4n) is 1.80. The van der Waals surface area contributed by atoms with E-state index >= 15 is 0 Å². The molecule has 0 radical (unpaired) electrons. The lowest BCUT2D eigenvalue weighted by Crippen LogP contribution is -2.13. The van der Waals surface area contributed by atoms with Gasteiger partial charge in [-0.2, -0.15) is 5.10 Å². The molecular formula is C14H16N2O2. The number of rotatable bonds is 3. The Morgan fingerprint density at radius 1 is 1.28 bits per heavy atom. The monoisotopic (exact) mass is 244 g/mol. The van der Waals surface area contributed by atoms with Crippen LogP contribution >= 0.6 is 0 Å². The summed E-state index contributed by atoms with van der Waals surface area (Å²) in [7, 11) is 0. The van der Waals surface area contributed by atoms with Crippen molar-refractivity contribution < 1.29 is 9.53 Å². The van der Waals surface area contributed by atoms with Crippen LogP contribution in [0.2, 0.25) is 0 Å². The fourth-order valence-corrected chi connectivity index (χ4v) is 1.80. The molecule has 0 spiro atoms. The SMILES string of the molecule is CCOC(=O)c1c(C)c(C)nn1-c1ccccc1. The molecule has 0 saturated carbocycles. The topological polar surface area (TPSA) is 44.1 Å². The molecule has 1 heterocycles. The smallest absolute Gasteiger partial charge is 0.357 e. The van der Waals surface area contributed by atoms with Gasteiger partial charge in [0.1, 0.15) is 0 Å². The van der Waals surface area contributed by atoms with Crippen molar-refractivity contribution in [3.8, 4) is 5.69 Å². The molecule has 1 aromatic heterocycles. The number of aryl methyl sites for hydroxylation is 1. The van der Waals surface area contributed by atoms with E-state index in [0.717, 1.165) is 16.9 Å². The van der Waals surface area contributed by atoms with Crippen LogP contribution in [0.15, 0.2) is 30.3 Å². The van der Waals surface area contributed by atoms with Gasteiger partial charge in [-0.25, -0.2) is 9.48 Å². The predicted octanol–water partition coefficient (Wildman–Crippen LogP) is 2.67. The van der Waals surface area contributed by atoms with Crippen molar-refractivity contribution in [1.29, 1.82) is 0 Å². The van der Waals surface area contributed by atoms with Crippen molar-refractivity contribution in [3.05, 3.63) is 47.3 Å². The lowest BCUT2D eigenvalue weighted by Gasteiger charge is -2.07. The standard InChI is InChI=1S/C14H16N2O2/c1-4-18-14(17)13-10(2)11(3)15-16(13)12-8-6-5-7-9-12/h5-9H,4H2,1-3H3. The van der Waals surface area contributed by atoms with E-state index in [2.05, 4.69) is 5.10 Å². The largest absolute Gasteiger partial charge is 0.461 e. The maximum Gasteiger partial charge on any atom is 0.357 e. The minimum atomic E-state index is -0.334. The third kappa shape index (κ3) is 2.14. The number of hydrogen-bond acceptors (Lipinski definition) is 3. The Labute approximate surface area is 106 Å². The van der Waals surface area contributed by atoms with Gasteiger partial charge in [0.05, 0.1) is 18.0 Å². The molecule has 4 nitrogen and oxygen atoms in total. The van der Waals surface area contributed by atoms with Gasteiger partial charge in [0, 0.05) is 5.56 Å². The van der Waals surface area contributed by atoms with Crippen molar-refractivity contribution in [2.24, 2.45) is 0 Å². The molecule has 0 aliphatic heterocycles. The average molecular weight is 244 g/mol. The van der Waals surface area contributed by atoms with Gasteiger partial charge in [-0.05, 0) is 32.9 Å². The zero-order valence-electron chi connectivity index (χ0n) is 10.8. The van der Waals surface area contributed by atoms with E-state index in [9.17, 15) is 4.79 Å². The first-order chi connectivity index (χ1) is 8.65. The molecule has 94 valence electrons. The van der Waals surface area contributed by atoms with Crippen LogP contribution in [-0.4, -0.2) is 22.4 Å². The van der Waals surface area contributed by atoms with Crippen LogP contribution in [-0.2, 0) is 4.74 Å². The van der Waals surface area contributed by atoms with E-state index in [1.807, 2.05) is 44.2 Å². The van der Waals surface area contributed by atoms with Crippen LogP contribution in [0.4, 0.5) is 0 Å². The van der Waals surface area contributed by atoms with E-state index in [1.165, 1.54) is 0 Å². The number of ether oxygens (including phenoxy) is 1. The van der Waals surface area contributed by atoms with Crippen molar-refractivity contribution in [1.82, 2.24) is 9.78 Å². The lowest BCUT2D eigenvalue weighted by atomic mass is 10.2. The van der Waals surface area contributed by atoms with E-state index < -0.39 is 0 Å². The quantitative estimate of drug-likeness (QED) is 0.780. The molecule has 0 saturated heterocycles. The highest BCUT2D eigenvalue weighted by atomic mass is 16.5. The summed E-state index contributed by atoms with van der Waals surface area (Å²) in [6, 6.07) is 9.58. The van der Waals surface area contributed by atoms with Gasteiger partial charge in [0.15, 0.2) is 5.69 Å². The molecule has 4 heteroatoms. The molecule has 0 bridgehead atoms. The minimum Gasteiger partial charge on any atom is -0.461 e. The van der Waals surface area contributed by atoms with Crippen molar-refractivity contribution in [2.45, 2.75) is 20.8 Å². The Morgan fingerprint density at radius 3 is 2.56 bits per heavy atom. The molecule has 0 unspecified atom stereocenters. The summed E-state index contributed by atoms with van der Waals surface area (Å²) < 4.78 is 6.73. The highest BCUT2D eigenvalue weighted by Crippen LogP contribution is 2.18. The molecule has 0 aliphatic carbocycles. The fraction of sp³-hybridized carbons (Fsp3) is 0.286. The van der Waals surface area contributed by atoms with Gasteiger partial charge >= 0.3 is 5.97 Å². The number of hydrogen-bond donors (Lipinski definition) is 0. The predicted molar refractivity (Wildman–Crippen MR) is 69.0 cm³/mol. The summed E-state index contributed by atoms with van der Waals surface area (Å²) in [6.07, 6.45) is 0. The number of carbonyl (C=O) groups excluding carboxylic acids is 1. The summed E-state index contributed by atoms with van der Waals surface area (Å²) in [4.78, 5) is 12.0. The molecule has 2 rings (SSSR count). The second-order valence-corrected chi connectivity index (χ2v) is 4.03. The minimum absolute atomic E-state index is 0.334. The van der Waals surface area contributed by atoms with Gasteiger partial charge in [-0.15, -0.1) is 0 Å². The maximum absolute atomic E-state index is 12.0. The average Bonchev–Trinajstić information content (AvgIpc) is 2.67. The van der Waals surface area contributed by atoms with E-state index in [1.54, 1.807) is 11.6 Å². The van der Waals surface area contributed by atoms with E-state index in [0.29, 0.717) is 12.3 Å². The summed E-state index contributed by atoms with van der Waals surface area (Å²) in [5.74, 6) is -0.334. The van der Waals surface area contributed by atoms with E-state index in [4.69, 9.17) is 4.74 Å². The summed E-state index contributed by atoms with van der Waals surface area (Å²) >= 11 is 0. The summed E-state index contributed by atoms with van der Waals surface area (Å²) in [5, 5.41) is 4.40. The van der Waals surface area contributed by atoms with Gasteiger partial charge < -0.3 is 4.74 Å². The number of benzene rings is 1. The molecule has 1 aromatic carbocycles. The maximum atomic E-state index is 12.0. The number of esters is 1. The highest BCUT2D eigenvalue weighted by molar-refractivity contribution is 5.90. The van der Waals surface area contributed by atoms with Crippen LogP contribution < -0.4 is 0 Å². The van der Waals surface area contributed by atoms with Gasteiger partial charge in [-0.1, -0.05) is 18.2 Å². The highest BCUT2D eigenvalue weighted by Gasteiger charge is 2.20. The molecule has 18 heavy (non-hydrogen) atoms. The molecule has 0 atom stereocenters. The number of carbonyl (C=O) groups is 1. The third-order valence-electron chi connectivity index (χ3n) is 2.83. The third-order valence-corrected chi connectivity index (χ3v) is 2.83. The molecular weight excluding hydrogens is 228 g/mol. The lowest BCUT2D eigenvalue weighted by molar-refractivity contribution is 0.0515. The molecule has 2 aromatic rings. The van der Waals surface area contributed by atoms with Crippen LogP contribution in [0.3, 0.4) is 0 Å². The molecule has 0 N–H and O–H groups in total. The molecule has 0 amide bonds. The van der Waals surface area contributed by atoms with Gasteiger partial charge in [-0.3, -0.25) is 0 Å². The van der Waals surface area contributed by atoms with Crippen molar-refractivity contribution >= 4 is 5.97 Å². The normalized spacial score (nSPS) is 10.4. The Morgan fingerprint density at radius 2 is 1.94 bits per heavy atom. The summed E-state index contributed by atoms with van der Waals surface area (Å²) in [5.41, 5.74) is 3.05.